The maximum Gasteiger partial charge on any atom is 0.338 e. The molecule has 74 heavy (non-hydrogen) atoms. The van der Waals surface area contributed by atoms with Crippen LogP contribution in [0.1, 0.15) is 136 Å². The number of likely N-dealkylation sites (N-methyl/N-ethyl adjacent to an activating group) is 4. The van der Waals surface area contributed by atoms with E-state index in [1.807, 2.05) is 0 Å². The van der Waals surface area contributed by atoms with E-state index in [0.29, 0.717) is 48.7 Å². The third-order valence-electron chi connectivity index (χ3n) is 13.5. The monoisotopic (exact) mass is 1030 g/mol. The van der Waals surface area contributed by atoms with Gasteiger partial charge in [0.25, 0.3) is 0 Å². The van der Waals surface area contributed by atoms with Gasteiger partial charge in [-0.15, -0.1) is 0 Å². The first kappa shape index (κ1) is 66.3. The topological polar surface area (TPSA) is 157 Å². The van der Waals surface area contributed by atoms with Crippen LogP contribution in [0.15, 0.2) is 98.1 Å². The highest BCUT2D eigenvalue weighted by Crippen LogP contribution is 2.13. The van der Waals surface area contributed by atoms with Gasteiger partial charge < -0.3 is 36.9 Å². The molecular weight excluding hydrogens is 937 g/mol. The molecule has 4 aromatic rings. The second-order valence-electron chi connectivity index (χ2n) is 19.5. The molecule has 412 valence electrons. The molecule has 0 fully saturated rings. The number of ether oxygens (including phenoxy) is 4. The first-order valence-corrected chi connectivity index (χ1v) is 27.1. The van der Waals surface area contributed by atoms with Crippen LogP contribution < -0.4 is 0 Å². The van der Waals surface area contributed by atoms with Gasteiger partial charge in [0.15, 0.2) is 0 Å². The van der Waals surface area contributed by atoms with Crippen molar-refractivity contribution >= 4 is 23.9 Å². The summed E-state index contributed by atoms with van der Waals surface area (Å²) in [6.45, 7) is 35.2. The van der Waals surface area contributed by atoms with Crippen molar-refractivity contribution in [3.8, 4) is 0 Å². The molecule has 0 spiro atoms. The Kier molecular flexibility index (Phi) is 34.0. The van der Waals surface area contributed by atoms with Crippen molar-refractivity contribution in [1.82, 2.24) is 19.9 Å². The normalized spacial score (nSPS) is 11.9. The molecule has 4 heterocycles. The summed E-state index contributed by atoms with van der Waals surface area (Å²) in [5, 5.41) is 0. The number of pyridine rings is 4. The van der Waals surface area contributed by atoms with Crippen molar-refractivity contribution in [3.63, 3.8) is 0 Å². The van der Waals surface area contributed by atoms with Gasteiger partial charge in [-0.1, -0.05) is 34.1 Å². The van der Waals surface area contributed by atoms with Gasteiger partial charge >= 0.3 is 23.9 Å². The second kappa shape index (κ2) is 38.0. The van der Waals surface area contributed by atoms with Crippen LogP contribution in [0.3, 0.4) is 0 Å². The number of esters is 4. The summed E-state index contributed by atoms with van der Waals surface area (Å²) in [6.07, 6.45) is 18.7. The van der Waals surface area contributed by atoms with E-state index < -0.39 is 0 Å². The zero-order valence-corrected chi connectivity index (χ0v) is 47.6. The summed E-state index contributed by atoms with van der Waals surface area (Å²) >= 11 is 0. The zero-order chi connectivity index (χ0) is 55.1. The molecule has 16 heteroatoms. The number of carbonyl (C=O) groups is 4. The molecule has 0 saturated heterocycles. The van der Waals surface area contributed by atoms with Crippen LogP contribution in [0.4, 0.5) is 0 Å². The fourth-order valence-electron chi connectivity index (χ4n) is 8.37. The maximum atomic E-state index is 11.9. The number of rotatable bonds is 30. The van der Waals surface area contributed by atoms with Gasteiger partial charge in [-0.05, 0) is 109 Å². The Labute approximate surface area is 445 Å². The summed E-state index contributed by atoms with van der Waals surface area (Å²) in [5.41, 5.74) is 2.25. The van der Waals surface area contributed by atoms with Crippen molar-refractivity contribution < 1.29 is 56.1 Å². The molecule has 0 amide bonds. The van der Waals surface area contributed by atoms with E-state index in [4.69, 9.17) is 18.9 Å². The Bertz CT molecular complexity index is 2060. The maximum absolute atomic E-state index is 11.9. The minimum absolute atomic E-state index is 0.251. The van der Waals surface area contributed by atoms with Gasteiger partial charge in [0.05, 0.1) is 102 Å². The van der Waals surface area contributed by atoms with Crippen LogP contribution >= 0.6 is 0 Å². The third-order valence-corrected chi connectivity index (χ3v) is 13.5. The molecular formula is C58H96N8O8+4. The van der Waals surface area contributed by atoms with Crippen molar-refractivity contribution in [2.24, 2.45) is 0 Å². The molecule has 0 radical (unpaired) electrons. The number of aromatic nitrogens is 4. The molecule has 4 rings (SSSR count). The first-order valence-electron chi connectivity index (χ1n) is 27.1. The highest BCUT2D eigenvalue weighted by molar-refractivity contribution is 5.90. The lowest BCUT2D eigenvalue weighted by molar-refractivity contribution is -0.926. The van der Waals surface area contributed by atoms with Crippen LogP contribution in [0, 0.1) is 0 Å². The molecule has 1 atom stereocenters. The second-order valence-corrected chi connectivity index (χ2v) is 19.5. The average Bonchev–Trinajstić information content (AvgIpc) is 3.42. The lowest BCUT2D eigenvalue weighted by atomic mass is 10.2. The lowest BCUT2D eigenvalue weighted by Gasteiger charge is -2.37. The van der Waals surface area contributed by atoms with Gasteiger partial charge in [-0.2, -0.15) is 0 Å². The fraction of sp³-hybridized carbons (Fsp3) is 0.586. The highest BCUT2D eigenvalue weighted by atomic mass is 16.5. The molecule has 16 nitrogen and oxygen atoms in total. The van der Waals surface area contributed by atoms with Crippen LogP contribution in [0.2, 0.25) is 0 Å². The Hall–Kier alpha value is -5.68. The van der Waals surface area contributed by atoms with E-state index in [1.165, 1.54) is 19.4 Å². The molecule has 1 unspecified atom stereocenters. The van der Waals surface area contributed by atoms with Gasteiger partial charge in [0.2, 0.25) is 0 Å². The van der Waals surface area contributed by atoms with Crippen molar-refractivity contribution in [2.45, 2.75) is 94.4 Å². The number of carbonyl (C=O) groups excluding carboxylic acids is 4. The summed E-state index contributed by atoms with van der Waals surface area (Å²) in [6, 6.07) is 13.4. The average molecular weight is 1030 g/mol. The van der Waals surface area contributed by atoms with E-state index in [2.05, 4.69) is 103 Å². The number of nitrogens with zero attached hydrogens (tertiary/aromatic N) is 8. The van der Waals surface area contributed by atoms with Gasteiger partial charge in [0, 0.05) is 49.6 Å². The van der Waals surface area contributed by atoms with Crippen LogP contribution in [-0.4, -0.2) is 194 Å². The number of unbranched alkanes of at least 4 members (excludes halogenated alkanes) is 1. The van der Waals surface area contributed by atoms with Crippen molar-refractivity contribution in [3.05, 3.63) is 120 Å². The molecule has 0 aliphatic carbocycles. The summed E-state index contributed by atoms with van der Waals surface area (Å²) in [5.74, 6) is -1.06. The van der Waals surface area contributed by atoms with Gasteiger partial charge in [-0.25, -0.2) is 19.2 Å². The van der Waals surface area contributed by atoms with Gasteiger partial charge in [0.1, 0.15) is 52.6 Å². The van der Waals surface area contributed by atoms with E-state index in [1.54, 1.807) is 98.1 Å². The predicted octanol–water partition coefficient (Wildman–Crippen LogP) is 9.24. The number of hydrogen-bond donors (Lipinski definition) is 0. The summed E-state index contributed by atoms with van der Waals surface area (Å²) < 4.78 is 25.1. The predicted molar refractivity (Wildman–Crippen MR) is 294 cm³/mol. The Balaban J connectivity index is 0.000000497. The van der Waals surface area contributed by atoms with E-state index in [0.717, 1.165) is 116 Å². The Morgan fingerprint density at radius 1 is 0.338 bits per heavy atom. The highest BCUT2D eigenvalue weighted by Gasteiger charge is 2.26. The van der Waals surface area contributed by atoms with Crippen LogP contribution in [0.25, 0.3) is 0 Å². The molecule has 0 N–H and O–H groups in total. The molecule has 0 aliphatic rings. The standard InChI is InChI=1S/C17H29N2O2.C16H27N2O2.C14H23N2O2.C11H17N2O2/c1-4-7-13-19(6-3,12-5-2)14-15-21-17(20)16-8-10-18-11-9-16;1-4-11-18(6-3,12-5-2)13-14-20-16(19)15-7-9-17-10-8-15;1-4-16(5-2,6-3)11-12-18-14(17)13-7-9-15-10-8-13;1-13(2,3)8-9-15-11(14)10-4-6-12-7-5-10/h8-11H,4-7,12-15H2,1-3H3;7-10H,4-6,11-14H2,1-3H3;7-10H,4-6,11-12H2,1-3H3;4-7H,8-9H2,1-3H3/q4*+1. The largest absolute Gasteiger partial charge is 0.456 e. The van der Waals surface area contributed by atoms with Crippen LogP contribution in [0.5, 0.6) is 0 Å². The Morgan fingerprint density at radius 3 is 0.811 bits per heavy atom. The Morgan fingerprint density at radius 2 is 0.581 bits per heavy atom. The van der Waals surface area contributed by atoms with Crippen molar-refractivity contribution in [2.75, 3.05) is 133 Å². The zero-order valence-electron chi connectivity index (χ0n) is 47.6. The van der Waals surface area contributed by atoms with E-state index in [-0.39, 0.29) is 23.9 Å². The van der Waals surface area contributed by atoms with E-state index >= 15 is 0 Å². The van der Waals surface area contributed by atoms with E-state index in [9.17, 15) is 19.2 Å². The molecule has 0 aromatic carbocycles. The third kappa shape index (κ3) is 27.0. The van der Waals surface area contributed by atoms with Crippen LogP contribution in [-0.2, 0) is 18.9 Å². The first-order chi connectivity index (χ1) is 35.5. The summed E-state index contributed by atoms with van der Waals surface area (Å²) in [4.78, 5) is 62.5. The minimum Gasteiger partial charge on any atom is -0.456 e. The molecule has 0 saturated carbocycles. The summed E-state index contributed by atoms with van der Waals surface area (Å²) in [7, 11) is 6.17. The molecule has 4 aromatic heterocycles. The number of quaternary nitrogens is 4. The van der Waals surface area contributed by atoms with Gasteiger partial charge in [-0.3, -0.25) is 19.9 Å². The lowest BCUT2D eigenvalue weighted by Crippen LogP contribution is -2.51. The van der Waals surface area contributed by atoms with Crippen molar-refractivity contribution in [1.29, 1.82) is 0 Å². The SMILES string of the molecule is CCCC[N+](CC)(CCC)CCOC(=O)c1ccncc1.CCC[N+](CC)(CCC)CCOC(=O)c1ccncc1.CC[N+](CC)(CC)CCOC(=O)c1ccncc1.C[N+](C)(C)CCOC(=O)c1ccncc1. The smallest absolute Gasteiger partial charge is 0.338 e. The minimum atomic E-state index is -0.286. The molecule has 0 bridgehead atoms. The quantitative estimate of drug-likeness (QED) is 0.0278. The molecule has 0 aliphatic heterocycles. The fourth-order valence-corrected chi connectivity index (χ4v) is 8.37. The number of hydrogen-bond acceptors (Lipinski definition) is 12.